The molecule has 0 saturated heterocycles. The molecule has 0 radical (unpaired) electrons. The smallest absolute Gasteiger partial charge is 0.119 e. The summed E-state index contributed by atoms with van der Waals surface area (Å²) >= 11 is 0. The van der Waals surface area contributed by atoms with Crippen LogP contribution >= 0.6 is 0 Å². The van der Waals surface area contributed by atoms with E-state index in [1.807, 2.05) is 6.08 Å². The topological polar surface area (TPSA) is 29.5 Å². The molecule has 1 aliphatic carbocycles. The average molecular weight is 202 g/mol. The maximum atomic E-state index is 9.10. The fourth-order valence-electron chi connectivity index (χ4n) is 1.50. The Morgan fingerprint density at radius 1 is 1.20 bits per heavy atom. The van der Waals surface area contributed by atoms with Gasteiger partial charge in [-0.1, -0.05) is 24.3 Å². The lowest BCUT2D eigenvalue weighted by Gasteiger charge is -2.14. The van der Waals surface area contributed by atoms with Gasteiger partial charge in [0.25, 0.3) is 0 Å². The summed E-state index contributed by atoms with van der Waals surface area (Å²) in [6.45, 7) is 0.686. The second-order valence-corrected chi connectivity index (χ2v) is 3.61. The van der Waals surface area contributed by atoms with Crippen LogP contribution in [-0.2, 0) is 0 Å². The number of hydrogen-bond donors (Lipinski definition) is 1. The molecule has 0 aromatic heterocycles. The Kier molecular flexibility index (Phi) is 3.08. The van der Waals surface area contributed by atoms with Crippen LogP contribution in [0.15, 0.2) is 48.6 Å². The van der Waals surface area contributed by atoms with Gasteiger partial charge in [0.15, 0.2) is 0 Å². The molecule has 0 saturated carbocycles. The monoisotopic (exact) mass is 202 g/mol. The molecule has 0 bridgehead atoms. The first-order valence-electron chi connectivity index (χ1n) is 5.10. The highest BCUT2D eigenvalue weighted by Crippen LogP contribution is 2.18. The first-order valence-corrected chi connectivity index (χ1v) is 5.10. The summed E-state index contributed by atoms with van der Waals surface area (Å²) in [6.07, 6.45) is 9.44. The normalized spacial score (nSPS) is 19.1. The van der Waals surface area contributed by atoms with Crippen LogP contribution in [0.3, 0.4) is 0 Å². The number of allylic oxidation sites excluding steroid dienone is 3. The lowest BCUT2D eigenvalue weighted by Crippen LogP contribution is -2.10. The van der Waals surface area contributed by atoms with Gasteiger partial charge in [0.05, 0.1) is 6.61 Å². The van der Waals surface area contributed by atoms with Crippen LogP contribution in [0, 0.1) is 5.92 Å². The van der Waals surface area contributed by atoms with Crippen molar-refractivity contribution in [3.05, 3.63) is 48.6 Å². The molecule has 1 aromatic carbocycles. The summed E-state index contributed by atoms with van der Waals surface area (Å²) in [6, 6.07) is 6.81. The Morgan fingerprint density at radius 2 is 2.00 bits per heavy atom. The summed E-state index contributed by atoms with van der Waals surface area (Å²) in [5.41, 5.74) is 0. The number of hydrogen-bond acceptors (Lipinski definition) is 2. The summed E-state index contributed by atoms with van der Waals surface area (Å²) in [4.78, 5) is 0. The van der Waals surface area contributed by atoms with Gasteiger partial charge in [-0.3, -0.25) is 0 Å². The maximum absolute atomic E-state index is 9.10. The molecule has 2 heteroatoms. The van der Waals surface area contributed by atoms with E-state index in [9.17, 15) is 0 Å². The number of benzene rings is 1. The van der Waals surface area contributed by atoms with Crippen molar-refractivity contribution in [3.63, 3.8) is 0 Å². The number of phenols is 1. The molecule has 2 nitrogen and oxygen atoms in total. The average Bonchev–Trinajstić information content (AvgIpc) is 2.30. The molecular weight excluding hydrogens is 188 g/mol. The van der Waals surface area contributed by atoms with E-state index in [-0.39, 0.29) is 5.75 Å². The molecule has 0 aliphatic heterocycles. The molecular formula is C13H14O2. The number of phenolic OH excluding ortho intramolecular Hbond substituents is 1. The Bertz CT molecular complexity index is 363. The highest BCUT2D eigenvalue weighted by molar-refractivity contribution is 5.30. The van der Waals surface area contributed by atoms with E-state index in [4.69, 9.17) is 9.84 Å². The first kappa shape index (κ1) is 9.84. The van der Waals surface area contributed by atoms with Crippen molar-refractivity contribution in [3.8, 4) is 11.5 Å². The Labute approximate surface area is 89.5 Å². The van der Waals surface area contributed by atoms with Gasteiger partial charge in [0.1, 0.15) is 11.5 Å². The minimum absolute atomic E-state index is 0.267. The molecule has 0 heterocycles. The second kappa shape index (κ2) is 4.69. The maximum Gasteiger partial charge on any atom is 0.119 e. The van der Waals surface area contributed by atoms with E-state index < -0.39 is 0 Å². The molecule has 15 heavy (non-hydrogen) atoms. The van der Waals surface area contributed by atoms with Crippen LogP contribution in [0.1, 0.15) is 6.42 Å². The third-order valence-corrected chi connectivity index (χ3v) is 2.37. The Morgan fingerprint density at radius 3 is 2.67 bits per heavy atom. The summed E-state index contributed by atoms with van der Waals surface area (Å²) < 4.78 is 5.60. The zero-order chi connectivity index (χ0) is 10.5. The Hall–Kier alpha value is -1.70. The van der Waals surface area contributed by atoms with E-state index in [0.717, 1.165) is 12.2 Å². The number of rotatable bonds is 3. The zero-order valence-corrected chi connectivity index (χ0v) is 8.47. The first-order chi connectivity index (χ1) is 7.34. The molecule has 1 aliphatic rings. The van der Waals surface area contributed by atoms with Crippen LogP contribution in [0.4, 0.5) is 0 Å². The third kappa shape index (κ3) is 2.88. The number of aromatic hydroxyl groups is 1. The molecule has 1 aromatic rings. The largest absolute Gasteiger partial charge is 0.508 e. The van der Waals surface area contributed by atoms with Gasteiger partial charge in [0, 0.05) is 5.92 Å². The van der Waals surface area contributed by atoms with Gasteiger partial charge in [-0.25, -0.2) is 0 Å². The fourth-order valence-corrected chi connectivity index (χ4v) is 1.50. The third-order valence-electron chi connectivity index (χ3n) is 2.37. The molecule has 0 spiro atoms. The summed E-state index contributed by atoms with van der Waals surface area (Å²) in [5.74, 6) is 1.53. The highest BCUT2D eigenvalue weighted by atomic mass is 16.5. The van der Waals surface area contributed by atoms with Crippen LogP contribution in [0.2, 0.25) is 0 Å². The van der Waals surface area contributed by atoms with Crippen LogP contribution < -0.4 is 4.74 Å². The quantitative estimate of drug-likeness (QED) is 0.816. The lowest BCUT2D eigenvalue weighted by atomic mass is 10.0. The standard InChI is InChI=1S/C13H14O2/c14-12-6-8-13(9-7-12)15-10-11-4-2-1-3-5-11/h1-4,6-9,11,14H,5,10H2. The van der Waals surface area contributed by atoms with Gasteiger partial charge in [0.2, 0.25) is 0 Å². The minimum atomic E-state index is 0.267. The number of ether oxygens (including phenoxy) is 1. The lowest BCUT2D eigenvalue weighted by molar-refractivity contribution is 0.275. The van der Waals surface area contributed by atoms with Crippen molar-refractivity contribution in [2.45, 2.75) is 6.42 Å². The van der Waals surface area contributed by atoms with E-state index in [2.05, 4.69) is 18.2 Å². The van der Waals surface area contributed by atoms with E-state index in [1.54, 1.807) is 24.3 Å². The molecule has 0 amide bonds. The van der Waals surface area contributed by atoms with Crippen molar-refractivity contribution in [2.24, 2.45) is 5.92 Å². The predicted molar refractivity (Wildman–Crippen MR) is 60.0 cm³/mol. The second-order valence-electron chi connectivity index (χ2n) is 3.61. The van der Waals surface area contributed by atoms with Crippen molar-refractivity contribution in [2.75, 3.05) is 6.61 Å². The van der Waals surface area contributed by atoms with E-state index >= 15 is 0 Å². The van der Waals surface area contributed by atoms with Gasteiger partial charge < -0.3 is 9.84 Å². The molecule has 78 valence electrons. The SMILES string of the molecule is Oc1ccc(OCC2C=CC=CC2)cc1. The summed E-state index contributed by atoms with van der Waals surface area (Å²) in [7, 11) is 0. The van der Waals surface area contributed by atoms with Gasteiger partial charge in [-0.2, -0.15) is 0 Å². The molecule has 0 fully saturated rings. The van der Waals surface area contributed by atoms with Crippen molar-refractivity contribution in [1.29, 1.82) is 0 Å². The van der Waals surface area contributed by atoms with E-state index in [0.29, 0.717) is 12.5 Å². The van der Waals surface area contributed by atoms with Crippen molar-refractivity contribution >= 4 is 0 Å². The fraction of sp³-hybridized carbons (Fsp3) is 0.231. The highest BCUT2D eigenvalue weighted by Gasteiger charge is 2.05. The summed E-state index contributed by atoms with van der Waals surface area (Å²) in [5, 5.41) is 9.10. The zero-order valence-electron chi connectivity index (χ0n) is 8.47. The van der Waals surface area contributed by atoms with Crippen LogP contribution in [-0.4, -0.2) is 11.7 Å². The molecule has 2 rings (SSSR count). The van der Waals surface area contributed by atoms with Gasteiger partial charge >= 0.3 is 0 Å². The molecule has 1 unspecified atom stereocenters. The molecule has 1 N–H and O–H groups in total. The van der Waals surface area contributed by atoms with Crippen molar-refractivity contribution in [1.82, 2.24) is 0 Å². The van der Waals surface area contributed by atoms with Gasteiger partial charge in [-0.15, -0.1) is 0 Å². The Balaban J connectivity index is 1.85. The van der Waals surface area contributed by atoms with Crippen molar-refractivity contribution < 1.29 is 9.84 Å². The van der Waals surface area contributed by atoms with Gasteiger partial charge in [-0.05, 0) is 30.7 Å². The van der Waals surface area contributed by atoms with Crippen LogP contribution in [0.5, 0.6) is 11.5 Å². The predicted octanol–water partition coefficient (Wildman–Crippen LogP) is 2.90. The van der Waals surface area contributed by atoms with E-state index in [1.165, 1.54) is 0 Å². The minimum Gasteiger partial charge on any atom is -0.508 e. The van der Waals surface area contributed by atoms with Crippen LogP contribution in [0.25, 0.3) is 0 Å². The molecule has 1 atom stereocenters.